The highest BCUT2D eigenvalue weighted by Crippen LogP contribution is 2.26. The quantitative estimate of drug-likeness (QED) is 0.470. The standard InChI is InChI=1S/C25H39N5O3.3ClH/c31-24(32)18-27-21-6-8-23(9-7-21)30(19-20-4-2-1-3-5-20)25(33)29-16-14-28(15-17-29)22-10-12-26-13-11-22;;;/h1-5,21-23,26-27H,6-19H2,(H,31,32);3*1H/t21-,23-;;;. The summed E-state index contributed by atoms with van der Waals surface area (Å²) in [6.07, 6.45) is 6.02. The van der Waals surface area contributed by atoms with E-state index in [9.17, 15) is 9.59 Å². The van der Waals surface area contributed by atoms with Crippen molar-refractivity contribution in [2.45, 2.75) is 63.2 Å². The molecule has 0 bridgehead atoms. The Morgan fingerprint density at radius 1 is 0.917 bits per heavy atom. The van der Waals surface area contributed by atoms with E-state index in [0.717, 1.165) is 70.5 Å². The molecule has 1 saturated carbocycles. The summed E-state index contributed by atoms with van der Waals surface area (Å²) in [4.78, 5) is 31.3. The molecule has 2 heterocycles. The molecule has 2 amide bonds. The van der Waals surface area contributed by atoms with Gasteiger partial charge >= 0.3 is 12.0 Å². The highest BCUT2D eigenvalue weighted by atomic mass is 35.5. The number of hydrogen-bond donors (Lipinski definition) is 3. The van der Waals surface area contributed by atoms with Gasteiger partial charge in [0.2, 0.25) is 0 Å². The summed E-state index contributed by atoms with van der Waals surface area (Å²) in [5, 5.41) is 15.5. The molecule has 36 heavy (non-hydrogen) atoms. The highest BCUT2D eigenvalue weighted by molar-refractivity contribution is 5.86. The number of hydrogen-bond acceptors (Lipinski definition) is 5. The fourth-order valence-corrected chi connectivity index (χ4v) is 5.59. The van der Waals surface area contributed by atoms with Crippen LogP contribution < -0.4 is 10.6 Å². The molecule has 0 aromatic heterocycles. The molecule has 11 heteroatoms. The summed E-state index contributed by atoms with van der Waals surface area (Å²) in [7, 11) is 0. The molecule has 2 aliphatic heterocycles. The maximum atomic E-state index is 13.7. The van der Waals surface area contributed by atoms with Gasteiger partial charge in [-0.05, 0) is 57.2 Å². The van der Waals surface area contributed by atoms with Gasteiger partial charge < -0.3 is 25.5 Å². The van der Waals surface area contributed by atoms with Gasteiger partial charge in [0.05, 0.1) is 6.54 Å². The van der Waals surface area contributed by atoms with E-state index in [1.54, 1.807) is 0 Å². The maximum absolute atomic E-state index is 13.7. The third kappa shape index (κ3) is 9.23. The Labute approximate surface area is 233 Å². The Balaban J connectivity index is 0.00000216. The highest BCUT2D eigenvalue weighted by Gasteiger charge is 2.34. The number of urea groups is 1. The first kappa shape index (κ1) is 32.7. The van der Waals surface area contributed by atoms with Crippen molar-refractivity contribution in [2.75, 3.05) is 45.8 Å². The molecule has 0 radical (unpaired) electrons. The Bertz CT molecular complexity index is 769. The fourth-order valence-electron chi connectivity index (χ4n) is 5.59. The van der Waals surface area contributed by atoms with Gasteiger partial charge in [-0.25, -0.2) is 4.79 Å². The lowest BCUT2D eigenvalue weighted by atomic mass is 9.90. The molecule has 4 rings (SSSR count). The van der Waals surface area contributed by atoms with Gasteiger partial charge in [0.25, 0.3) is 0 Å². The van der Waals surface area contributed by atoms with Gasteiger partial charge in [-0.15, -0.1) is 37.2 Å². The number of carbonyl (C=O) groups excluding carboxylic acids is 1. The first-order chi connectivity index (χ1) is 16.1. The van der Waals surface area contributed by atoms with E-state index < -0.39 is 5.97 Å². The summed E-state index contributed by atoms with van der Waals surface area (Å²) in [5.41, 5.74) is 1.16. The lowest BCUT2D eigenvalue weighted by molar-refractivity contribution is -0.136. The molecule has 8 nitrogen and oxygen atoms in total. The molecule has 2 saturated heterocycles. The second-order valence-corrected chi connectivity index (χ2v) is 9.68. The van der Waals surface area contributed by atoms with Crippen LogP contribution in [0.4, 0.5) is 4.79 Å². The molecule has 0 unspecified atom stereocenters. The number of piperidine rings is 1. The molecule has 206 valence electrons. The van der Waals surface area contributed by atoms with Crippen molar-refractivity contribution < 1.29 is 14.7 Å². The van der Waals surface area contributed by atoms with Gasteiger partial charge in [-0.1, -0.05) is 30.3 Å². The predicted molar refractivity (Wildman–Crippen MR) is 150 cm³/mol. The van der Waals surface area contributed by atoms with E-state index in [1.165, 1.54) is 12.8 Å². The summed E-state index contributed by atoms with van der Waals surface area (Å²) in [6.45, 7) is 6.34. The van der Waals surface area contributed by atoms with E-state index >= 15 is 0 Å². The summed E-state index contributed by atoms with van der Waals surface area (Å²) in [5.74, 6) is -0.818. The number of carbonyl (C=O) groups is 2. The van der Waals surface area contributed by atoms with E-state index in [1.807, 2.05) is 18.2 Å². The van der Waals surface area contributed by atoms with Crippen LogP contribution in [0.5, 0.6) is 0 Å². The number of carboxylic acids is 1. The summed E-state index contributed by atoms with van der Waals surface area (Å²) >= 11 is 0. The zero-order valence-corrected chi connectivity index (χ0v) is 23.3. The van der Waals surface area contributed by atoms with Gasteiger partial charge in [-0.2, -0.15) is 0 Å². The van der Waals surface area contributed by atoms with Crippen molar-refractivity contribution in [3.8, 4) is 0 Å². The lowest BCUT2D eigenvalue weighted by Crippen LogP contribution is -2.57. The fraction of sp³-hybridized carbons (Fsp3) is 0.680. The molecule has 3 aliphatic rings. The molecule has 1 aromatic rings. The van der Waals surface area contributed by atoms with Crippen LogP contribution in [-0.2, 0) is 11.3 Å². The number of nitrogens with zero attached hydrogens (tertiary/aromatic N) is 3. The van der Waals surface area contributed by atoms with Crippen LogP contribution in [0, 0.1) is 0 Å². The third-order valence-corrected chi connectivity index (χ3v) is 7.53. The number of carboxylic acid groups (broad SMARTS) is 1. The van der Waals surface area contributed by atoms with Crippen LogP contribution in [0.2, 0.25) is 0 Å². The normalized spacial score (nSPS) is 22.9. The molecular weight excluding hydrogens is 525 g/mol. The number of nitrogens with one attached hydrogen (secondary N) is 2. The second-order valence-electron chi connectivity index (χ2n) is 9.68. The van der Waals surface area contributed by atoms with Crippen molar-refractivity contribution in [2.24, 2.45) is 0 Å². The predicted octanol–water partition coefficient (Wildman–Crippen LogP) is 3.23. The minimum Gasteiger partial charge on any atom is -0.480 e. The third-order valence-electron chi connectivity index (χ3n) is 7.53. The van der Waals surface area contributed by atoms with Crippen LogP contribution in [0.1, 0.15) is 44.1 Å². The molecular formula is C25H42Cl3N5O3. The van der Waals surface area contributed by atoms with E-state index in [4.69, 9.17) is 5.11 Å². The van der Waals surface area contributed by atoms with Gasteiger partial charge in [0.1, 0.15) is 0 Å². The van der Waals surface area contributed by atoms with Crippen molar-refractivity contribution in [1.29, 1.82) is 0 Å². The van der Waals surface area contributed by atoms with E-state index in [2.05, 4.69) is 37.5 Å². The lowest BCUT2D eigenvalue weighted by Gasteiger charge is -2.44. The number of aliphatic carboxylic acids is 1. The van der Waals surface area contributed by atoms with Gasteiger partial charge in [0, 0.05) is 50.8 Å². The molecule has 3 fully saturated rings. The largest absolute Gasteiger partial charge is 0.480 e. The Morgan fingerprint density at radius 2 is 1.53 bits per heavy atom. The SMILES string of the molecule is Cl.Cl.Cl.O=C(O)CN[C@H]1CC[C@H](N(Cc2ccccc2)C(=O)N2CCN(C3CCNCC3)CC2)CC1. The first-order valence-corrected chi connectivity index (χ1v) is 12.6. The minimum absolute atomic E-state index is 0. The molecule has 0 atom stereocenters. The topological polar surface area (TPSA) is 88.1 Å². The van der Waals surface area contributed by atoms with Crippen LogP contribution in [-0.4, -0.2) is 95.7 Å². The van der Waals surface area contributed by atoms with Crippen LogP contribution in [0.25, 0.3) is 0 Å². The Morgan fingerprint density at radius 3 is 2.11 bits per heavy atom. The van der Waals surface area contributed by atoms with Crippen molar-refractivity contribution in [3.63, 3.8) is 0 Å². The number of benzene rings is 1. The summed E-state index contributed by atoms with van der Waals surface area (Å²) in [6, 6.07) is 11.5. The van der Waals surface area contributed by atoms with Crippen molar-refractivity contribution in [1.82, 2.24) is 25.3 Å². The number of piperazine rings is 1. The molecule has 1 aromatic carbocycles. The van der Waals surface area contributed by atoms with Gasteiger partial charge in [0.15, 0.2) is 0 Å². The Kier molecular flexibility index (Phi) is 15.0. The van der Waals surface area contributed by atoms with E-state index in [0.29, 0.717) is 12.6 Å². The van der Waals surface area contributed by atoms with Crippen LogP contribution >= 0.6 is 37.2 Å². The van der Waals surface area contributed by atoms with Crippen molar-refractivity contribution >= 4 is 49.2 Å². The molecule has 0 spiro atoms. The minimum atomic E-state index is -0.818. The Hall–Kier alpha value is -1.29. The van der Waals surface area contributed by atoms with E-state index in [-0.39, 0.29) is 61.9 Å². The monoisotopic (exact) mass is 565 g/mol. The average Bonchev–Trinajstić information content (AvgIpc) is 2.87. The molecule has 3 N–H and O–H groups in total. The number of amides is 2. The van der Waals surface area contributed by atoms with Crippen molar-refractivity contribution in [3.05, 3.63) is 35.9 Å². The molecule has 1 aliphatic carbocycles. The first-order valence-electron chi connectivity index (χ1n) is 12.6. The summed E-state index contributed by atoms with van der Waals surface area (Å²) < 4.78 is 0. The maximum Gasteiger partial charge on any atom is 0.320 e. The smallest absolute Gasteiger partial charge is 0.320 e. The van der Waals surface area contributed by atoms with Crippen LogP contribution in [0.15, 0.2) is 30.3 Å². The number of rotatable bonds is 7. The zero-order chi connectivity index (χ0) is 23.0. The second kappa shape index (κ2) is 16.5. The van der Waals surface area contributed by atoms with Gasteiger partial charge in [-0.3, -0.25) is 9.69 Å². The number of halogens is 3. The average molecular weight is 567 g/mol. The zero-order valence-electron chi connectivity index (χ0n) is 20.8. The van der Waals surface area contributed by atoms with Crippen LogP contribution in [0.3, 0.4) is 0 Å².